The number of aromatic nitrogens is 2. The van der Waals surface area contributed by atoms with Crippen LogP contribution < -0.4 is 10.6 Å². The van der Waals surface area contributed by atoms with Gasteiger partial charge in [0.25, 0.3) is 0 Å². The largest absolute Gasteiger partial charge is 0.394 e. The highest BCUT2D eigenvalue weighted by Crippen LogP contribution is 2.07. The van der Waals surface area contributed by atoms with Crippen LogP contribution in [0.4, 0.5) is 0 Å². The zero-order chi connectivity index (χ0) is 32.7. The summed E-state index contributed by atoms with van der Waals surface area (Å²) in [4.78, 5) is 43.8. The van der Waals surface area contributed by atoms with Gasteiger partial charge in [-0.3, -0.25) is 39.2 Å². The van der Waals surface area contributed by atoms with E-state index in [0.29, 0.717) is 65.6 Å². The molecule has 46 heavy (non-hydrogen) atoms. The molecule has 2 aromatic heterocycles. The maximum Gasteiger partial charge on any atom is 0.234 e. The molecule has 3 rings (SSSR count). The minimum atomic E-state index is -0.0637. The van der Waals surface area contributed by atoms with E-state index < -0.39 is 0 Å². The Morgan fingerprint density at radius 1 is 0.609 bits per heavy atom. The van der Waals surface area contributed by atoms with Gasteiger partial charge in [0.05, 0.1) is 64.1 Å². The van der Waals surface area contributed by atoms with Crippen LogP contribution in [0.3, 0.4) is 0 Å². The smallest absolute Gasteiger partial charge is 0.234 e. The average molecular weight is 645 g/mol. The molecule has 0 saturated carbocycles. The molecule has 0 atom stereocenters. The fraction of sp³-hybridized carbons (Fsp3) is 0.625. The van der Waals surface area contributed by atoms with Gasteiger partial charge in [0.15, 0.2) is 0 Å². The van der Waals surface area contributed by atoms with Gasteiger partial charge in [-0.1, -0.05) is 12.1 Å². The zero-order valence-corrected chi connectivity index (χ0v) is 27.0. The van der Waals surface area contributed by atoms with Gasteiger partial charge in [-0.15, -0.1) is 0 Å². The molecule has 14 heteroatoms. The highest BCUT2D eigenvalue weighted by molar-refractivity contribution is 5.78. The van der Waals surface area contributed by atoms with E-state index in [1.54, 1.807) is 12.4 Å². The van der Waals surface area contributed by atoms with Crippen LogP contribution in [0.25, 0.3) is 0 Å². The SMILES string of the molecule is O=C(CN1CCN(Cc2ccccn2)CCN(CC(=O)NCCOCCO)CCN(Cc2ccccn2)CC1)NCCOCCO. The summed E-state index contributed by atoms with van der Waals surface area (Å²) in [6.45, 7) is 9.44. The number of amides is 2. The molecule has 0 aromatic carbocycles. The molecular formula is C32H52N8O6. The number of nitrogens with one attached hydrogen (secondary N) is 2. The molecule has 1 saturated heterocycles. The molecule has 3 heterocycles. The number of rotatable bonds is 18. The normalized spacial score (nSPS) is 16.4. The summed E-state index contributed by atoms with van der Waals surface area (Å²) in [6, 6.07) is 11.8. The maximum atomic E-state index is 12.9. The second-order valence-corrected chi connectivity index (χ2v) is 11.1. The Labute approximate surface area is 272 Å². The third kappa shape index (κ3) is 16.5. The van der Waals surface area contributed by atoms with Crippen molar-refractivity contribution in [2.75, 3.05) is 118 Å². The van der Waals surface area contributed by atoms with Crippen LogP contribution in [0.1, 0.15) is 11.4 Å². The van der Waals surface area contributed by atoms with Crippen molar-refractivity contribution in [1.82, 2.24) is 40.2 Å². The molecule has 1 aliphatic heterocycles. The highest BCUT2D eigenvalue weighted by Gasteiger charge is 2.20. The number of hydrogen-bond donors (Lipinski definition) is 4. The van der Waals surface area contributed by atoms with Crippen molar-refractivity contribution >= 4 is 11.8 Å². The second-order valence-electron chi connectivity index (χ2n) is 11.1. The van der Waals surface area contributed by atoms with Crippen molar-refractivity contribution in [2.45, 2.75) is 13.1 Å². The molecule has 2 amide bonds. The van der Waals surface area contributed by atoms with Crippen molar-refractivity contribution in [1.29, 1.82) is 0 Å². The molecule has 4 N–H and O–H groups in total. The van der Waals surface area contributed by atoms with Crippen molar-refractivity contribution in [2.24, 2.45) is 0 Å². The van der Waals surface area contributed by atoms with E-state index in [0.717, 1.165) is 37.6 Å². The minimum Gasteiger partial charge on any atom is -0.394 e. The Hall–Kier alpha value is -3.08. The molecule has 256 valence electrons. The van der Waals surface area contributed by atoms with E-state index >= 15 is 0 Å². The van der Waals surface area contributed by atoms with Crippen molar-refractivity contribution < 1.29 is 29.3 Å². The molecule has 0 aliphatic carbocycles. The van der Waals surface area contributed by atoms with Crippen molar-refractivity contribution in [3.8, 4) is 0 Å². The van der Waals surface area contributed by atoms with E-state index in [4.69, 9.17) is 19.7 Å². The number of pyridine rings is 2. The first kappa shape index (κ1) is 37.4. The van der Waals surface area contributed by atoms with Gasteiger partial charge >= 0.3 is 0 Å². The lowest BCUT2D eigenvalue weighted by Crippen LogP contribution is -2.49. The summed E-state index contributed by atoms with van der Waals surface area (Å²) in [5.41, 5.74) is 1.94. The van der Waals surface area contributed by atoms with Crippen molar-refractivity contribution in [3.63, 3.8) is 0 Å². The first-order chi connectivity index (χ1) is 22.6. The van der Waals surface area contributed by atoms with Crippen LogP contribution in [0.5, 0.6) is 0 Å². The Morgan fingerprint density at radius 3 is 1.35 bits per heavy atom. The summed E-state index contributed by atoms with van der Waals surface area (Å²) in [5.74, 6) is -0.127. The van der Waals surface area contributed by atoms with Gasteiger partial charge in [-0.2, -0.15) is 0 Å². The van der Waals surface area contributed by atoms with Crippen LogP contribution in [-0.4, -0.2) is 170 Å². The summed E-state index contributed by atoms with van der Waals surface area (Å²) in [7, 11) is 0. The molecule has 1 aliphatic rings. The molecule has 2 aromatic rings. The standard InChI is InChI=1S/C32H52N8O6/c41-19-23-45-21-9-35-31(43)27-39-15-11-37(25-29-5-1-3-7-33-29)12-16-40(28-32(44)36-10-22-46-24-20-42)18-14-38(13-17-39)26-30-6-2-4-8-34-30/h1-8,41-42H,9-28H2,(H,35,43)(H,36,44). The maximum absolute atomic E-state index is 12.9. The first-order valence-electron chi connectivity index (χ1n) is 16.2. The van der Waals surface area contributed by atoms with Gasteiger partial charge in [0.1, 0.15) is 0 Å². The number of nitrogens with zero attached hydrogens (tertiary/aromatic N) is 6. The monoisotopic (exact) mass is 644 g/mol. The van der Waals surface area contributed by atoms with Gasteiger partial charge in [0, 0.05) is 90.9 Å². The third-order valence-corrected chi connectivity index (χ3v) is 7.50. The number of carbonyl (C=O) groups excluding carboxylic acids is 2. The first-order valence-corrected chi connectivity index (χ1v) is 16.2. The molecule has 14 nitrogen and oxygen atoms in total. The minimum absolute atomic E-state index is 0.0434. The van der Waals surface area contributed by atoms with E-state index in [1.807, 2.05) is 36.4 Å². The van der Waals surface area contributed by atoms with Crippen LogP contribution in [0, 0.1) is 0 Å². The third-order valence-electron chi connectivity index (χ3n) is 7.50. The summed E-state index contributed by atoms with van der Waals surface area (Å²) in [6.07, 6.45) is 3.59. The Morgan fingerprint density at radius 2 is 1.00 bits per heavy atom. The number of carbonyl (C=O) groups is 2. The average Bonchev–Trinajstić information content (AvgIpc) is 3.06. The van der Waals surface area contributed by atoms with E-state index in [9.17, 15) is 9.59 Å². The topological polar surface area (TPSA) is 156 Å². The predicted octanol–water partition coefficient (Wildman–Crippen LogP) is -1.35. The predicted molar refractivity (Wildman–Crippen MR) is 174 cm³/mol. The number of hydrogen-bond acceptors (Lipinski definition) is 12. The Balaban J connectivity index is 1.69. The van der Waals surface area contributed by atoms with Gasteiger partial charge in [-0.25, -0.2) is 0 Å². The lowest BCUT2D eigenvalue weighted by molar-refractivity contribution is -0.123. The fourth-order valence-corrected chi connectivity index (χ4v) is 5.03. The number of aliphatic hydroxyl groups excluding tert-OH is 2. The molecular weight excluding hydrogens is 592 g/mol. The lowest BCUT2D eigenvalue weighted by Gasteiger charge is -2.34. The van der Waals surface area contributed by atoms with E-state index in [1.165, 1.54) is 0 Å². The lowest BCUT2D eigenvalue weighted by atomic mass is 10.2. The zero-order valence-electron chi connectivity index (χ0n) is 27.0. The molecule has 0 unspecified atom stereocenters. The number of aliphatic hydroxyl groups is 2. The van der Waals surface area contributed by atoms with E-state index in [2.05, 4.69) is 40.2 Å². The fourth-order valence-electron chi connectivity index (χ4n) is 5.03. The summed E-state index contributed by atoms with van der Waals surface area (Å²) >= 11 is 0. The Bertz CT molecular complexity index is 985. The Kier molecular flexibility index (Phi) is 18.9. The molecule has 0 spiro atoms. The molecule has 0 bridgehead atoms. The van der Waals surface area contributed by atoms with Crippen LogP contribution >= 0.6 is 0 Å². The molecule has 0 radical (unpaired) electrons. The second kappa shape index (κ2) is 23.3. The van der Waals surface area contributed by atoms with Crippen LogP contribution in [0.2, 0.25) is 0 Å². The highest BCUT2D eigenvalue weighted by atomic mass is 16.5. The van der Waals surface area contributed by atoms with Gasteiger partial charge < -0.3 is 30.3 Å². The van der Waals surface area contributed by atoms with E-state index in [-0.39, 0.29) is 51.3 Å². The number of ether oxygens (including phenoxy) is 2. The molecule has 1 fully saturated rings. The quantitative estimate of drug-likeness (QED) is 0.142. The van der Waals surface area contributed by atoms with Gasteiger partial charge in [0.2, 0.25) is 11.8 Å². The van der Waals surface area contributed by atoms with Crippen LogP contribution in [-0.2, 0) is 32.2 Å². The summed E-state index contributed by atoms with van der Waals surface area (Å²) in [5, 5.41) is 23.6. The van der Waals surface area contributed by atoms with Crippen LogP contribution in [0.15, 0.2) is 48.8 Å². The summed E-state index contributed by atoms with van der Waals surface area (Å²) < 4.78 is 10.6. The van der Waals surface area contributed by atoms with Gasteiger partial charge in [-0.05, 0) is 24.3 Å². The van der Waals surface area contributed by atoms with Crippen molar-refractivity contribution in [3.05, 3.63) is 60.2 Å².